The summed E-state index contributed by atoms with van der Waals surface area (Å²) in [5.74, 6) is 0.961. The Morgan fingerprint density at radius 1 is 1.35 bits per heavy atom. The Morgan fingerprint density at radius 2 is 2.24 bits per heavy atom. The van der Waals surface area contributed by atoms with E-state index in [9.17, 15) is 0 Å². The molecule has 0 aliphatic rings. The average molecular weight is 246 g/mol. The lowest BCUT2D eigenvalue weighted by Crippen LogP contribution is -2.10. The molecular formula is C14H18N2S. The molecule has 0 bridgehead atoms. The zero-order valence-electron chi connectivity index (χ0n) is 10.3. The minimum Gasteiger partial charge on any atom is -0.362 e. The van der Waals surface area contributed by atoms with Crippen LogP contribution in [0.1, 0.15) is 36.2 Å². The summed E-state index contributed by atoms with van der Waals surface area (Å²) in [6.07, 6.45) is 4.21. The van der Waals surface area contributed by atoms with Gasteiger partial charge in [0, 0.05) is 11.1 Å². The van der Waals surface area contributed by atoms with Crippen LogP contribution in [0.15, 0.2) is 35.8 Å². The first-order chi connectivity index (χ1) is 8.29. The molecule has 0 saturated carbocycles. The highest BCUT2D eigenvalue weighted by Crippen LogP contribution is 2.26. The van der Waals surface area contributed by atoms with E-state index in [4.69, 9.17) is 0 Å². The molecule has 0 saturated heterocycles. The quantitative estimate of drug-likeness (QED) is 0.845. The molecular weight excluding hydrogens is 228 g/mol. The van der Waals surface area contributed by atoms with Crippen LogP contribution in [0.5, 0.6) is 0 Å². The minimum absolute atomic E-state index is 0.384. The van der Waals surface area contributed by atoms with E-state index in [0.717, 1.165) is 12.2 Å². The smallest absolute Gasteiger partial charge is 0.126 e. The van der Waals surface area contributed by atoms with Crippen LogP contribution in [0.4, 0.5) is 5.82 Å². The van der Waals surface area contributed by atoms with Crippen LogP contribution in [0.3, 0.4) is 0 Å². The van der Waals surface area contributed by atoms with Crippen LogP contribution in [-0.2, 0) is 0 Å². The van der Waals surface area contributed by atoms with Gasteiger partial charge in [-0.25, -0.2) is 4.98 Å². The van der Waals surface area contributed by atoms with Gasteiger partial charge in [0.15, 0.2) is 0 Å². The Balaban J connectivity index is 2.10. The molecule has 2 nitrogen and oxygen atoms in total. The molecule has 0 spiro atoms. The summed E-state index contributed by atoms with van der Waals surface area (Å²) < 4.78 is 0. The summed E-state index contributed by atoms with van der Waals surface area (Å²) in [5, 5.41) is 5.64. The van der Waals surface area contributed by atoms with Crippen LogP contribution in [-0.4, -0.2) is 4.98 Å². The Kier molecular flexibility index (Phi) is 4.15. The molecule has 1 N–H and O–H groups in total. The maximum absolute atomic E-state index is 4.40. The number of aromatic nitrogens is 1. The fourth-order valence-corrected chi connectivity index (χ4v) is 2.61. The second-order valence-electron chi connectivity index (χ2n) is 4.22. The maximum atomic E-state index is 4.40. The van der Waals surface area contributed by atoms with E-state index in [-0.39, 0.29) is 0 Å². The molecule has 17 heavy (non-hydrogen) atoms. The van der Waals surface area contributed by atoms with Gasteiger partial charge in [0.2, 0.25) is 0 Å². The van der Waals surface area contributed by atoms with Crippen molar-refractivity contribution in [1.29, 1.82) is 0 Å². The minimum atomic E-state index is 0.384. The van der Waals surface area contributed by atoms with Crippen LogP contribution >= 0.6 is 11.3 Å². The zero-order valence-corrected chi connectivity index (χ0v) is 11.1. The van der Waals surface area contributed by atoms with E-state index in [2.05, 4.69) is 47.7 Å². The second kappa shape index (κ2) is 5.82. The van der Waals surface area contributed by atoms with Crippen molar-refractivity contribution in [2.75, 3.05) is 5.32 Å². The van der Waals surface area contributed by atoms with Crippen LogP contribution < -0.4 is 5.32 Å². The molecule has 0 amide bonds. The third-order valence-electron chi connectivity index (χ3n) is 2.70. The SMILES string of the molecule is CCCC(Nc1ccc(C)cn1)c1cccs1. The molecule has 1 unspecified atom stereocenters. The van der Waals surface area contributed by atoms with Crippen molar-refractivity contribution in [1.82, 2.24) is 4.98 Å². The molecule has 0 aliphatic carbocycles. The van der Waals surface area contributed by atoms with E-state index in [1.807, 2.05) is 12.3 Å². The summed E-state index contributed by atoms with van der Waals surface area (Å²) in [4.78, 5) is 5.79. The predicted octanol–water partition coefficient (Wildman–Crippen LogP) is 4.40. The first-order valence-electron chi connectivity index (χ1n) is 6.02. The number of thiophene rings is 1. The van der Waals surface area contributed by atoms with Gasteiger partial charge >= 0.3 is 0 Å². The predicted molar refractivity (Wildman–Crippen MR) is 74.6 cm³/mol. The molecule has 2 aromatic rings. The molecule has 2 aromatic heterocycles. The molecule has 1 atom stereocenters. The summed E-state index contributed by atoms with van der Waals surface area (Å²) in [7, 11) is 0. The first kappa shape index (κ1) is 12.1. The van der Waals surface area contributed by atoms with Gasteiger partial charge in [-0.1, -0.05) is 25.5 Å². The highest BCUT2D eigenvalue weighted by Gasteiger charge is 2.11. The molecule has 90 valence electrons. The van der Waals surface area contributed by atoms with Gasteiger partial charge in [-0.15, -0.1) is 11.3 Å². The van der Waals surface area contributed by atoms with E-state index in [1.54, 1.807) is 11.3 Å². The van der Waals surface area contributed by atoms with Crippen molar-refractivity contribution < 1.29 is 0 Å². The molecule has 3 heteroatoms. The number of nitrogens with zero attached hydrogens (tertiary/aromatic N) is 1. The van der Waals surface area contributed by atoms with Gasteiger partial charge in [-0.05, 0) is 36.4 Å². The number of hydrogen-bond donors (Lipinski definition) is 1. The van der Waals surface area contributed by atoms with Crippen molar-refractivity contribution in [3.63, 3.8) is 0 Å². The highest BCUT2D eigenvalue weighted by atomic mass is 32.1. The zero-order chi connectivity index (χ0) is 12.1. The molecule has 0 fully saturated rings. The van der Waals surface area contributed by atoms with Crippen LogP contribution in [0, 0.1) is 6.92 Å². The van der Waals surface area contributed by atoms with E-state index >= 15 is 0 Å². The van der Waals surface area contributed by atoms with E-state index < -0.39 is 0 Å². The second-order valence-corrected chi connectivity index (χ2v) is 5.20. The number of hydrogen-bond acceptors (Lipinski definition) is 3. The third kappa shape index (κ3) is 3.30. The highest BCUT2D eigenvalue weighted by molar-refractivity contribution is 7.10. The average Bonchev–Trinajstić information content (AvgIpc) is 2.85. The third-order valence-corrected chi connectivity index (χ3v) is 3.68. The van der Waals surface area contributed by atoms with Gasteiger partial charge in [0.1, 0.15) is 5.82 Å². The van der Waals surface area contributed by atoms with Gasteiger partial charge in [0.05, 0.1) is 6.04 Å². The Bertz CT molecular complexity index is 434. The molecule has 2 heterocycles. The van der Waals surface area contributed by atoms with Crippen molar-refractivity contribution in [3.8, 4) is 0 Å². The fraction of sp³-hybridized carbons (Fsp3) is 0.357. The number of aryl methyl sites for hydroxylation is 1. The lowest BCUT2D eigenvalue weighted by atomic mass is 10.1. The summed E-state index contributed by atoms with van der Waals surface area (Å²) in [5.41, 5.74) is 1.19. The van der Waals surface area contributed by atoms with Crippen molar-refractivity contribution in [2.24, 2.45) is 0 Å². The largest absolute Gasteiger partial charge is 0.362 e. The van der Waals surface area contributed by atoms with Crippen LogP contribution in [0.2, 0.25) is 0 Å². The molecule has 0 radical (unpaired) electrons. The molecule has 2 rings (SSSR count). The van der Waals surface area contributed by atoms with E-state index in [0.29, 0.717) is 6.04 Å². The monoisotopic (exact) mass is 246 g/mol. The van der Waals surface area contributed by atoms with Crippen molar-refractivity contribution in [2.45, 2.75) is 32.7 Å². The fourth-order valence-electron chi connectivity index (χ4n) is 1.80. The standard InChI is InChI=1S/C14H18N2S/c1-3-5-12(13-6-4-9-17-13)16-14-8-7-11(2)10-15-14/h4,6-10,12H,3,5H2,1-2H3,(H,15,16). The van der Waals surface area contributed by atoms with Crippen LogP contribution in [0.25, 0.3) is 0 Å². The Labute approximate surface area is 107 Å². The molecule has 0 aromatic carbocycles. The van der Waals surface area contributed by atoms with Crippen molar-refractivity contribution in [3.05, 3.63) is 46.3 Å². The Morgan fingerprint density at radius 3 is 2.82 bits per heavy atom. The summed E-state index contributed by atoms with van der Waals surface area (Å²) in [6.45, 7) is 4.27. The normalized spacial score (nSPS) is 12.4. The van der Waals surface area contributed by atoms with E-state index in [1.165, 1.54) is 16.9 Å². The first-order valence-corrected chi connectivity index (χ1v) is 6.90. The number of nitrogens with one attached hydrogen (secondary N) is 1. The van der Waals surface area contributed by atoms with Gasteiger partial charge in [-0.3, -0.25) is 0 Å². The maximum Gasteiger partial charge on any atom is 0.126 e. The number of anilines is 1. The lowest BCUT2D eigenvalue weighted by molar-refractivity contribution is 0.684. The van der Waals surface area contributed by atoms with Crippen molar-refractivity contribution >= 4 is 17.2 Å². The Hall–Kier alpha value is -1.35. The van der Waals surface area contributed by atoms with Gasteiger partial charge in [0.25, 0.3) is 0 Å². The summed E-state index contributed by atoms with van der Waals surface area (Å²) >= 11 is 1.80. The van der Waals surface area contributed by atoms with Gasteiger partial charge < -0.3 is 5.32 Å². The number of pyridine rings is 1. The number of rotatable bonds is 5. The van der Waals surface area contributed by atoms with Gasteiger partial charge in [-0.2, -0.15) is 0 Å². The molecule has 0 aliphatic heterocycles. The lowest BCUT2D eigenvalue weighted by Gasteiger charge is -2.17. The topological polar surface area (TPSA) is 24.9 Å². The summed E-state index contributed by atoms with van der Waals surface area (Å²) in [6, 6.07) is 8.81.